The average molecular weight is 323 g/mol. The predicted molar refractivity (Wildman–Crippen MR) is 66.4 cm³/mol. The molecular weight excluding hydrogens is 308 g/mol. The van der Waals surface area contributed by atoms with Gasteiger partial charge in [0.05, 0.1) is 6.04 Å². The van der Waals surface area contributed by atoms with Crippen molar-refractivity contribution in [2.45, 2.75) is 37.9 Å². The van der Waals surface area contributed by atoms with Crippen molar-refractivity contribution in [3.63, 3.8) is 0 Å². The Labute approximate surface area is 120 Å². The minimum atomic E-state index is -4.57. The van der Waals surface area contributed by atoms with Gasteiger partial charge < -0.3 is 5.32 Å². The summed E-state index contributed by atoms with van der Waals surface area (Å²) in [6.45, 7) is 0.649. The maximum absolute atomic E-state index is 12.6. The molecular formula is C10H15Cl2F3N2O2. The van der Waals surface area contributed by atoms with E-state index in [1.165, 1.54) is 0 Å². The van der Waals surface area contributed by atoms with E-state index in [4.69, 9.17) is 0 Å². The Hall–Kier alpha value is -0.530. The molecule has 1 heterocycles. The first kappa shape index (κ1) is 18.5. The van der Waals surface area contributed by atoms with Crippen molar-refractivity contribution in [2.24, 2.45) is 5.41 Å². The predicted octanol–water partition coefficient (Wildman–Crippen LogP) is 1.57. The summed E-state index contributed by atoms with van der Waals surface area (Å²) in [5.41, 5.74) is -2.32. The van der Waals surface area contributed by atoms with E-state index < -0.39 is 29.4 Å². The fraction of sp³-hybridized carbons (Fsp3) is 0.800. The number of halogens is 5. The summed E-state index contributed by atoms with van der Waals surface area (Å²) in [5, 5.41) is 4.70. The van der Waals surface area contributed by atoms with Gasteiger partial charge in [-0.15, -0.1) is 24.8 Å². The molecule has 0 radical (unpaired) electrons. The van der Waals surface area contributed by atoms with Crippen LogP contribution in [0.15, 0.2) is 0 Å². The van der Waals surface area contributed by atoms with Crippen LogP contribution in [0.5, 0.6) is 0 Å². The van der Waals surface area contributed by atoms with E-state index in [2.05, 4.69) is 5.32 Å². The number of amides is 2. The molecule has 0 aromatic rings. The Morgan fingerprint density at radius 2 is 1.79 bits per heavy atom. The topological polar surface area (TPSA) is 58.2 Å². The van der Waals surface area contributed by atoms with Crippen LogP contribution >= 0.6 is 24.8 Å². The second-order valence-corrected chi connectivity index (χ2v) is 4.55. The average Bonchev–Trinajstić information content (AvgIpc) is 2.87. The van der Waals surface area contributed by atoms with Crippen molar-refractivity contribution in [1.82, 2.24) is 10.6 Å². The lowest BCUT2D eigenvalue weighted by atomic mass is 10.1. The van der Waals surface area contributed by atoms with Gasteiger partial charge in [0.1, 0.15) is 5.41 Å². The second kappa shape index (κ2) is 6.28. The molecule has 4 nitrogen and oxygen atoms in total. The van der Waals surface area contributed by atoms with Gasteiger partial charge >= 0.3 is 6.18 Å². The monoisotopic (exact) mass is 322 g/mol. The van der Waals surface area contributed by atoms with Crippen LogP contribution in [0.4, 0.5) is 13.2 Å². The molecule has 1 aliphatic carbocycles. The molecule has 19 heavy (non-hydrogen) atoms. The minimum Gasteiger partial charge on any atom is -0.306 e. The van der Waals surface area contributed by atoms with E-state index in [-0.39, 0.29) is 37.7 Å². The quantitative estimate of drug-likeness (QED) is 0.759. The zero-order valence-corrected chi connectivity index (χ0v) is 11.5. The van der Waals surface area contributed by atoms with Crippen molar-refractivity contribution in [1.29, 1.82) is 0 Å². The van der Waals surface area contributed by atoms with E-state index in [1.54, 1.807) is 0 Å². The second-order valence-electron chi connectivity index (χ2n) is 4.55. The molecule has 1 saturated carbocycles. The molecule has 2 aliphatic rings. The lowest BCUT2D eigenvalue weighted by Gasteiger charge is -2.19. The highest BCUT2D eigenvalue weighted by Gasteiger charge is 2.68. The van der Waals surface area contributed by atoms with Crippen LogP contribution in [0, 0.1) is 5.41 Å². The zero-order valence-electron chi connectivity index (χ0n) is 9.88. The summed E-state index contributed by atoms with van der Waals surface area (Å²) >= 11 is 0. The van der Waals surface area contributed by atoms with Gasteiger partial charge in [-0.1, -0.05) is 0 Å². The summed E-state index contributed by atoms with van der Waals surface area (Å²) < 4.78 is 37.8. The van der Waals surface area contributed by atoms with Gasteiger partial charge in [0.15, 0.2) is 0 Å². The molecule has 2 rings (SSSR count). The Balaban J connectivity index is 0.00000162. The number of imide groups is 1. The van der Waals surface area contributed by atoms with Gasteiger partial charge in [-0.2, -0.15) is 13.2 Å². The minimum absolute atomic E-state index is 0. The van der Waals surface area contributed by atoms with Crippen LogP contribution in [0.3, 0.4) is 0 Å². The van der Waals surface area contributed by atoms with Crippen LogP contribution < -0.4 is 10.6 Å². The Bertz CT molecular complexity index is 353. The smallest absolute Gasteiger partial charge is 0.306 e. The molecule has 112 valence electrons. The zero-order chi connectivity index (χ0) is 12.7. The molecule has 1 aliphatic heterocycles. The highest BCUT2D eigenvalue weighted by Crippen LogP contribution is 2.57. The van der Waals surface area contributed by atoms with E-state index in [0.29, 0.717) is 13.0 Å². The molecule has 0 spiro atoms. The highest BCUT2D eigenvalue weighted by molar-refractivity contribution is 6.01. The van der Waals surface area contributed by atoms with Crippen LogP contribution in [0.2, 0.25) is 0 Å². The van der Waals surface area contributed by atoms with E-state index in [1.807, 2.05) is 5.32 Å². The third-order valence-corrected chi connectivity index (χ3v) is 3.34. The molecule has 1 saturated heterocycles. The number of hydrogen-bond donors (Lipinski definition) is 2. The Morgan fingerprint density at radius 3 is 2.16 bits per heavy atom. The first-order valence-corrected chi connectivity index (χ1v) is 5.52. The molecule has 0 aromatic carbocycles. The van der Waals surface area contributed by atoms with Crippen LogP contribution in [0.1, 0.15) is 25.7 Å². The van der Waals surface area contributed by atoms with Crippen molar-refractivity contribution >= 4 is 36.6 Å². The summed E-state index contributed by atoms with van der Waals surface area (Å²) in [5.74, 6) is -1.85. The van der Waals surface area contributed by atoms with Gasteiger partial charge in [0.2, 0.25) is 11.8 Å². The number of hydrogen-bond acceptors (Lipinski definition) is 3. The van der Waals surface area contributed by atoms with Gasteiger partial charge in [-0.25, -0.2) is 0 Å². The van der Waals surface area contributed by atoms with E-state index in [0.717, 1.165) is 6.42 Å². The number of alkyl halides is 3. The molecule has 0 aromatic heterocycles. The van der Waals surface area contributed by atoms with Crippen LogP contribution in [0.25, 0.3) is 0 Å². The summed E-state index contributed by atoms with van der Waals surface area (Å²) in [7, 11) is 0. The third-order valence-electron chi connectivity index (χ3n) is 3.34. The Morgan fingerprint density at radius 1 is 1.21 bits per heavy atom. The number of rotatable bonds is 2. The molecule has 2 fully saturated rings. The normalized spacial score (nSPS) is 23.8. The van der Waals surface area contributed by atoms with Crippen molar-refractivity contribution in [2.75, 3.05) is 6.54 Å². The molecule has 9 heteroatoms. The molecule has 2 N–H and O–H groups in total. The fourth-order valence-corrected chi connectivity index (χ4v) is 1.99. The summed E-state index contributed by atoms with van der Waals surface area (Å²) in [6.07, 6.45) is -3.68. The third kappa shape index (κ3) is 3.52. The summed E-state index contributed by atoms with van der Waals surface area (Å²) in [4.78, 5) is 23.0. The highest BCUT2D eigenvalue weighted by atomic mass is 35.5. The van der Waals surface area contributed by atoms with Gasteiger partial charge in [0.25, 0.3) is 0 Å². The maximum atomic E-state index is 12.6. The first-order chi connectivity index (χ1) is 7.87. The number of carbonyl (C=O) groups is 2. The number of nitrogens with one attached hydrogen (secondary N) is 2. The van der Waals surface area contributed by atoms with E-state index in [9.17, 15) is 22.8 Å². The lowest BCUT2D eigenvalue weighted by Crippen LogP contribution is -2.49. The molecule has 0 bridgehead atoms. The number of carbonyl (C=O) groups excluding carboxylic acids is 2. The van der Waals surface area contributed by atoms with Crippen molar-refractivity contribution in [3.8, 4) is 0 Å². The van der Waals surface area contributed by atoms with Gasteiger partial charge in [-0.3, -0.25) is 14.9 Å². The van der Waals surface area contributed by atoms with E-state index >= 15 is 0 Å². The lowest BCUT2D eigenvalue weighted by molar-refractivity contribution is -0.192. The maximum Gasteiger partial charge on any atom is 0.403 e. The summed E-state index contributed by atoms with van der Waals surface area (Å²) in [6, 6.07) is -0.539. The van der Waals surface area contributed by atoms with Crippen molar-refractivity contribution < 1.29 is 22.8 Å². The van der Waals surface area contributed by atoms with Crippen LogP contribution in [-0.4, -0.2) is 30.6 Å². The standard InChI is InChI=1S/C10H13F3N2O2.2ClH/c11-10(12,13)9(3-4-9)8(17)15-7(16)6-2-1-5-14-6;;/h6,14H,1-5H2,(H,15,16,17);2*1H/t6-;;/m0../s1. The van der Waals surface area contributed by atoms with Crippen LogP contribution in [-0.2, 0) is 9.59 Å². The molecule has 0 unspecified atom stereocenters. The largest absolute Gasteiger partial charge is 0.403 e. The molecule has 1 atom stereocenters. The fourth-order valence-electron chi connectivity index (χ4n) is 1.99. The van der Waals surface area contributed by atoms with Crippen molar-refractivity contribution in [3.05, 3.63) is 0 Å². The Kier molecular flexibility index (Phi) is 6.10. The van der Waals surface area contributed by atoms with Gasteiger partial charge in [-0.05, 0) is 32.2 Å². The molecule has 2 amide bonds. The SMILES string of the molecule is Cl.Cl.O=C(NC(=O)C1(C(F)(F)F)CC1)[C@@H]1CCCN1. The first-order valence-electron chi connectivity index (χ1n) is 5.52. The van der Waals surface area contributed by atoms with Gasteiger partial charge in [0, 0.05) is 0 Å².